The molecule has 0 unspecified atom stereocenters. The molecule has 6 nitrogen and oxygen atoms in total. The van der Waals surface area contributed by atoms with Crippen molar-refractivity contribution in [3.05, 3.63) is 30.3 Å². The fraction of sp³-hybridized carbons (Fsp3) is 0.0833. The molecule has 106 valence electrons. The molecule has 0 aromatic heterocycles. The number of phenols is 1. The highest BCUT2D eigenvalue weighted by Gasteiger charge is 2.15. The Kier molecular flexibility index (Phi) is 3.85. The monoisotopic (exact) mass is 315 g/mol. The number of anilines is 1. The van der Waals surface area contributed by atoms with Crippen molar-refractivity contribution in [2.45, 2.75) is 4.90 Å². The van der Waals surface area contributed by atoms with Crippen LogP contribution in [0.1, 0.15) is 0 Å². The minimum Gasteiger partial charge on any atom is -0.507 e. The summed E-state index contributed by atoms with van der Waals surface area (Å²) in [7, 11) is -4.43. The molecule has 0 fully saturated rings. The summed E-state index contributed by atoms with van der Waals surface area (Å²) in [6, 6.07) is 6.76. The summed E-state index contributed by atoms with van der Waals surface area (Å²) in [5, 5.41) is 13.0. The first-order chi connectivity index (χ1) is 9.32. The van der Waals surface area contributed by atoms with Crippen molar-refractivity contribution >= 4 is 44.1 Å². The molecule has 0 aliphatic rings. The van der Waals surface area contributed by atoms with Crippen LogP contribution < -0.4 is 5.32 Å². The van der Waals surface area contributed by atoms with E-state index in [1.165, 1.54) is 6.07 Å². The Bertz CT molecular complexity index is 788. The molecular weight excluding hydrogens is 306 g/mol. The number of benzene rings is 2. The number of phenolic OH excluding ortho intramolecular Hbond substituents is 1. The minimum absolute atomic E-state index is 0.250. The Morgan fingerprint density at radius 3 is 2.60 bits per heavy atom. The maximum atomic E-state index is 11.3. The normalized spacial score (nSPS) is 11.5. The first kappa shape index (κ1) is 14.6. The maximum absolute atomic E-state index is 11.3. The van der Waals surface area contributed by atoms with Gasteiger partial charge in [0.1, 0.15) is 11.6 Å². The number of hydrogen-bond acceptors (Lipinski definition) is 4. The van der Waals surface area contributed by atoms with Gasteiger partial charge < -0.3 is 10.4 Å². The Morgan fingerprint density at radius 2 is 2.00 bits per heavy atom. The quantitative estimate of drug-likeness (QED) is 0.593. The fourth-order valence-electron chi connectivity index (χ4n) is 1.81. The largest absolute Gasteiger partial charge is 0.507 e. The number of amides is 1. The summed E-state index contributed by atoms with van der Waals surface area (Å²) in [6.07, 6.45) is 0. The molecule has 20 heavy (non-hydrogen) atoms. The second kappa shape index (κ2) is 5.28. The predicted molar refractivity (Wildman–Crippen MR) is 74.8 cm³/mol. The van der Waals surface area contributed by atoms with Crippen molar-refractivity contribution in [1.29, 1.82) is 0 Å². The van der Waals surface area contributed by atoms with E-state index in [2.05, 4.69) is 5.32 Å². The first-order valence-electron chi connectivity index (χ1n) is 5.42. The standard InChI is InChI=1S/C12H10ClNO5S/c13-6-11(16)14-9-3-1-2-7-4-8(20(17,18)19)5-10(15)12(7)9/h1-5,15H,6H2,(H,14,16)(H,17,18,19). The second-order valence-corrected chi connectivity index (χ2v) is 5.69. The van der Waals surface area contributed by atoms with Gasteiger partial charge in [-0.25, -0.2) is 0 Å². The molecule has 0 heterocycles. The Balaban J connectivity index is 2.68. The van der Waals surface area contributed by atoms with E-state index >= 15 is 0 Å². The summed E-state index contributed by atoms with van der Waals surface area (Å²) < 4.78 is 31.2. The lowest BCUT2D eigenvalue weighted by atomic mass is 10.1. The molecule has 0 bridgehead atoms. The molecule has 2 aromatic carbocycles. The molecule has 0 atom stereocenters. The first-order valence-corrected chi connectivity index (χ1v) is 7.39. The van der Waals surface area contributed by atoms with Crippen LogP contribution in [0.15, 0.2) is 35.2 Å². The second-order valence-electron chi connectivity index (χ2n) is 4.00. The van der Waals surface area contributed by atoms with Gasteiger partial charge in [0.25, 0.3) is 10.1 Å². The lowest BCUT2D eigenvalue weighted by Crippen LogP contribution is -2.12. The topological polar surface area (TPSA) is 104 Å². The third-order valence-electron chi connectivity index (χ3n) is 2.62. The van der Waals surface area contributed by atoms with E-state index in [1.807, 2.05) is 0 Å². The maximum Gasteiger partial charge on any atom is 0.294 e. The molecule has 3 N–H and O–H groups in total. The van der Waals surface area contributed by atoms with E-state index < -0.39 is 20.9 Å². The predicted octanol–water partition coefficient (Wildman–Crippen LogP) is 1.97. The van der Waals surface area contributed by atoms with Crippen LogP contribution >= 0.6 is 11.6 Å². The number of nitrogens with one attached hydrogen (secondary N) is 1. The zero-order valence-corrected chi connectivity index (χ0v) is 11.6. The number of aromatic hydroxyl groups is 1. The van der Waals surface area contributed by atoms with Crippen LogP contribution in [-0.4, -0.2) is 29.9 Å². The number of carbonyl (C=O) groups excluding carboxylic acids is 1. The summed E-state index contributed by atoms with van der Waals surface area (Å²) in [4.78, 5) is 10.9. The molecule has 0 aliphatic carbocycles. The number of carbonyl (C=O) groups is 1. The van der Waals surface area contributed by atoms with Crippen molar-refractivity contribution < 1.29 is 22.9 Å². The van der Waals surface area contributed by atoms with Crippen molar-refractivity contribution in [3.63, 3.8) is 0 Å². The Labute approximate surface area is 119 Å². The van der Waals surface area contributed by atoms with Crippen LogP contribution in [0, 0.1) is 0 Å². The highest BCUT2D eigenvalue weighted by Crippen LogP contribution is 2.34. The highest BCUT2D eigenvalue weighted by molar-refractivity contribution is 7.85. The fourth-order valence-corrected chi connectivity index (χ4v) is 2.42. The smallest absolute Gasteiger partial charge is 0.294 e. The van der Waals surface area contributed by atoms with Crippen molar-refractivity contribution in [2.75, 3.05) is 11.2 Å². The van der Waals surface area contributed by atoms with E-state index in [0.717, 1.165) is 6.07 Å². The van der Waals surface area contributed by atoms with E-state index in [1.54, 1.807) is 18.2 Å². The van der Waals surface area contributed by atoms with Crippen molar-refractivity contribution in [1.82, 2.24) is 0 Å². The molecule has 0 saturated carbocycles. The average molecular weight is 316 g/mol. The van der Waals surface area contributed by atoms with Gasteiger partial charge in [-0.15, -0.1) is 11.6 Å². The minimum atomic E-state index is -4.43. The number of alkyl halides is 1. The van der Waals surface area contributed by atoms with Gasteiger partial charge >= 0.3 is 0 Å². The lowest BCUT2D eigenvalue weighted by molar-refractivity contribution is -0.113. The third-order valence-corrected chi connectivity index (χ3v) is 3.70. The highest BCUT2D eigenvalue weighted by atomic mass is 35.5. The molecule has 2 rings (SSSR count). The third kappa shape index (κ3) is 2.84. The van der Waals surface area contributed by atoms with Gasteiger partial charge in [-0.1, -0.05) is 12.1 Å². The van der Waals surface area contributed by atoms with Crippen LogP contribution in [0.5, 0.6) is 5.75 Å². The Hall–Kier alpha value is -1.83. The summed E-state index contributed by atoms with van der Waals surface area (Å²) in [5.41, 5.74) is 0.299. The van der Waals surface area contributed by atoms with E-state index in [9.17, 15) is 18.3 Å². The van der Waals surface area contributed by atoms with Crippen LogP contribution in [0.4, 0.5) is 5.69 Å². The summed E-state index contributed by atoms with van der Waals surface area (Å²) >= 11 is 5.39. The van der Waals surface area contributed by atoms with E-state index in [-0.39, 0.29) is 17.0 Å². The zero-order chi connectivity index (χ0) is 14.9. The van der Waals surface area contributed by atoms with Gasteiger partial charge in [0.05, 0.1) is 10.6 Å². The zero-order valence-electron chi connectivity index (χ0n) is 10.00. The number of hydrogen-bond donors (Lipinski definition) is 3. The molecular formula is C12H10ClNO5S. The SMILES string of the molecule is O=C(CCl)Nc1cccc2cc(S(=O)(=O)O)cc(O)c12. The lowest BCUT2D eigenvalue weighted by Gasteiger charge is -2.10. The van der Waals surface area contributed by atoms with Crippen LogP contribution in [0.2, 0.25) is 0 Å². The summed E-state index contributed by atoms with van der Waals surface area (Å²) in [6.45, 7) is 0. The molecule has 0 aliphatic heterocycles. The van der Waals surface area contributed by atoms with Crippen LogP contribution in [-0.2, 0) is 14.9 Å². The van der Waals surface area contributed by atoms with Gasteiger partial charge in [-0.3, -0.25) is 9.35 Å². The molecule has 0 saturated heterocycles. The summed E-state index contributed by atoms with van der Waals surface area (Å²) in [5.74, 6) is -1.08. The molecule has 0 spiro atoms. The van der Waals surface area contributed by atoms with E-state index in [4.69, 9.17) is 16.2 Å². The molecule has 1 amide bonds. The Morgan fingerprint density at radius 1 is 1.30 bits per heavy atom. The number of halogens is 1. The van der Waals surface area contributed by atoms with Crippen molar-refractivity contribution in [2.24, 2.45) is 0 Å². The molecule has 2 aromatic rings. The van der Waals surface area contributed by atoms with Crippen LogP contribution in [0.3, 0.4) is 0 Å². The van der Waals surface area contributed by atoms with Crippen LogP contribution in [0.25, 0.3) is 10.8 Å². The molecule has 8 heteroatoms. The average Bonchev–Trinajstić information content (AvgIpc) is 2.37. The van der Waals surface area contributed by atoms with E-state index in [0.29, 0.717) is 11.1 Å². The van der Waals surface area contributed by atoms with Gasteiger partial charge in [0, 0.05) is 11.5 Å². The van der Waals surface area contributed by atoms with Gasteiger partial charge in [-0.2, -0.15) is 8.42 Å². The van der Waals surface area contributed by atoms with Gasteiger partial charge in [0.2, 0.25) is 5.91 Å². The molecule has 0 radical (unpaired) electrons. The number of rotatable bonds is 3. The number of fused-ring (bicyclic) bond motifs is 1. The van der Waals surface area contributed by atoms with Gasteiger partial charge in [-0.05, 0) is 17.5 Å². The van der Waals surface area contributed by atoms with Gasteiger partial charge in [0.15, 0.2) is 0 Å². The van der Waals surface area contributed by atoms with Crippen molar-refractivity contribution in [3.8, 4) is 5.75 Å².